The fourth-order valence-electron chi connectivity index (χ4n) is 0. The molecule has 0 aromatic rings. The number of hydrogen-bond donors (Lipinski definition) is 2. The van der Waals surface area contributed by atoms with E-state index in [0.29, 0.717) is 0 Å². The van der Waals surface area contributed by atoms with Crippen molar-refractivity contribution in [3.05, 3.63) is 0 Å². The van der Waals surface area contributed by atoms with Crippen LogP contribution in [0.25, 0.3) is 0 Å². The van der Waals surface area contributed by atoms with Gasteiger partial charge < -0.3 is 11.1 Å². The Morgan fingerprint density at radius 2 is 1.40 bits per heavy atom. The molecule has 0 bridgehead atoms. The van der Waals surface area contributed by atoms with Gasteiger partial charge in [-0.25, -0.2) is 0 Å². The summed E-state index contributed by atoms with van der Waals surface area (Å²) in [5.41, 5.74) is 4.47. The van der Waals surface area contributed by atoms with Crippen LogP contribution in [0.3, 0.4) is 0 Å². The Bertz CT molecular complexity index is 97.9. The SMILES string of the molecule is C.CC(N)=O.CNC(C)=O. The van der Waals surface area contributed by atoms with Crippen molar-refractivity contribution in [1.29, 1.82) is 0 Å². The molecule has 0 aliphatic heterocycles. The quantitative estimate of drug-likeness (QED) is 0.502. The minimum Gasteiger partial charge on any atom is -0.370 e. The Morgan fingerprint density at radius 3 is 1.40 bits per heavy atom. The Morgan fingerprint density at radius 1 is 1.30 bits per heavy atom. The standard InChI is InChI=1S/C3H7NO.C2H5NO.CH4/c1-3(5)4-2;1-2(3)4;/h1-2H3,(H,4,5);1H3,(H2,3,4);1H4. The molecular weight excluding hydrogens is 132 g/mol. The summed E-state index contributed by atoms with van der Waals surface area (Å²) < 4.78 is 0. The van der Waals surface area contributed by atoms with Crippen LogP contribution < -0.4 is 11.1 Å². The van der Waals surface area contributed by atoms with E-state index in [1.165, 1.54) is 13.8 Å². The molecule has 0 atom stereocenters. The number of nitrogens with one attached hydrogen (secondary N) is 1. The van der Waals surface area contributed by atoms with Crippen LogP contribution in [0, 0.1) is 0 Å². The molecule has 3 N–H and O–H groups in total. The molecule has 0 radical (unpaired) electrons. The van der Waals surface area contributed by atoms with E-state index in [4.69, 9.17) is 0 Å². The second-order valence-electron chi connectivity index (χ2n) is 1.42. The third kappa shape index (κ3) is 277. The van der Waals surface area contributed by atoms with Crippen molar-refractivity contribution in [3.8, 4) is 0 Å². The summed E-state index contributed by atoms with van der Waals surface area (Å²) in [7, 11) is 1.60. The summed E-state index contributed by atoms with van der Waals surface area (Å²) in [6, 6.07) is 0. The molecule has 62 valence electrons. The zero-order valence-electron chi connectivity index (χ0n) is 5.89. The van der Waals surface area contributed by atoms with Crippen molar-refractivity contribution in [2.24, 2.45) is 5.73 Å². The maximum atomic E-state index is 9.70. The summed E-state index contributed by atoms with van der Waals surface area (Å²) in [5, 5.41) is 2.39. The molecule has 0 aromatic heterocycles. The van der Waals surface area contributed by atoms with E-state index >= 15 is 0 Å². The van der Waals surface area contributed by atoms with Gasteiger partial charge in [0.2, 0.25) is 11.8 Å². The fraction of sp³-hybridized carbons (Fsp3) is 0.667. The monoisotopic (exact) mass is 148 g/mol. The highest BCUT2D eigenvalue weighted by atomic mass is 16.1. The van der Waals surface area contributed by atoms with Gasteiger partial charge in [0.15, 0.2) is 0 Å². The van der Waals surface area contributed by atoms with Gasteiger partial charge in [-0.05, 0) is 0 Å². The van der Waals surface area contributed by atoms with Crippen LogP contribution in [0.5, 0.6) is 0 Å². The lowest BCUT2D eigenvalue weighted by Crippen LogP contribution is -2.11. The lowest BCUT2D eigenvalue weighted by Gasteiger charge is -1.80. The topological polar surface area (TPSA) is 72.2 Å². The van der Waals surface area contributed by atoms with Crippen LogP contribution >= 0.6 is 0 Å². The first-order valence-electron chi connectivity index (χ1n) is 2.45. The molecule has 4 heteroatoms. The van der Waals surface area contributed by atoms with E-state index in [0.717, 1.165) is 0 Å². The summed E-state index contributed by atoms with van der Waals surface area (Å²) in [6.45, 7) is 2.78. The number of rotatable bonds is 0. The van der Waals surface area contributed by atoms with Gasteiger partial charge in [-0.2, -0.15) is 0 Å². The van der Waals surface area contributed by atoms with Crippen LogP contribution in [0.2, 0.25) is 0 Å². The maximum absolute atomic E-state index is 9.70. The van der Waals surface area contributed by atoms with E-state index < -0.39 is 0 Å². The molecule has 0 saturated carbocycles. The van der Waals surface area contributed by atoms with E-state index in [-0.39, 0.29) is 19.2 Å². The second kappa shape index (κ2) is 10.8. The highest BCUT2D eigenvalue weighted by Gasteiger charge is 1.72. The number of amides is 2. The lowest BCUT2D eigenvalue weighted by atomic mass is 10.7. The highest BCUT2D eigenvalue weighted by molar-refractivity contribution is 5.72. The van der Waals surface area contributed by atoms with Crippen molar-refractivity contribution in [2.45, 2.75) is 21.3 Å². The van der Waals surface area contributed by atoms with Gasteiger partial charge in [-0.15, -0.1) is 0 Å². The number of carbonyl (C=O) groups excluding carboxylic acids is 2. The van der Waals surface area contributed by atoms with Gasteiger partial charge in [0.05, 0.1) is 0 Å². The van der Waals surface area contributed by atoms with E-state index in [1.807, 2.05) is 0 Å². The van der Waals surface area contributed by atoms with Crippen LogP contribution in [0.1, 0.15) is 21.3 Å². The second-order valence-corrected chi connectivity index (χ2v) is 1.42. The molecule has 0 aliphatic rings. The molecule has 0 spiro atoms. The van der Waals surface area contributed by atoms with Gasteiger partial charge >= 0.3 is 0 Å². The molecule has 0 rings (SSSR count). The Kier molecular flexibility index (Phi) is 17.3. The number of primary amides is 1. The Labute approximate surface area is 61.8 Å². The average molecular weight is 148 g/mol. The number of nitrogens with two attached hydrogens (primary N) is 1. The van der Waals surface area contributed by atoms with Crippen molar-refractivity contribution < 1.29 is 9.59 Å². The molecule has 0 heterocycles. The number of carbonyl (C=O) groups is 2. The predicted octanol–water partition coefficient (Wildman–Crippen LogP) is -0.120. The van der Waals surface area contributed by atoms with Crippen LogP contribution in [0.4, 0.5) is 0 Å². The summed E-state index contributed by atoms with van der Waals surface area (Å²) >= 11 is 0. The fourth-order valence-corrected chi connectivity index (χ4v) is 0. The highest BCUT2D eigenvalue weighted by Crippen LogP contribution is 1.45. The average Bonchev–Trinajstić information content (AvgIpc) is 1.65. The smallest absolute Gasteiger partial charge is 0.216 e. The maximum Gasteiger partial charge on any atom is 0.216 e. The van der Waals surface area contributed by atoms with Crippen LogP contribution in [-0.2, 0) is 9.59 Å². The molecule has 10 heavy (non-hydrogen) atoms. The van der Waals surface area contributed by atoms with E-state index in [9.17, 15) is 9.59 Å². The molecule has 0 saturated heterocycles. The normalized spacial score (nSPS) is 5.90. The van der Waals surface area contributed by atoms with Gasteiger partial charge in [-0.3, -0.25) is 9.59 Å². The first-order valence-corrected chi connectivity index (χ1v) is 2.45. The third-order valence-corrected chi connectivity index (χ3v) is 0.352. The first-order chi connectivity index (χ1) is 4.00. The zero-order valence-corrected chi connectivity index (χ0v) is 5.89. The minimum absolute atomic E-state index is 0. The predicted molar refractivity (Wildman–Crippen MR) is 41.3 cm³/mol. The van der Waals surface area contributed by atoms with Crippen molar-refractivity contribution in [1.82, 2.24) is 5.32 Å². The zero-order chi connectivity index (χ0) is 7.86. The molecule has 4 nitrogen and oxygen atoms in total. The molecule has 0 aliphatic carbocycles. The number of hydrogen-bond acceptors (Lipinski definition) is 2. The van der Waals surface area contributed by atoms with Crippen molar-refractivity contribution >= 4 is 11.8 Å². The van der Waals surface area contributed by atoms with Gasteiger partial charge in [0.25, 0.3) is 0 Å². The molecule has 2 amide bonds. The first kappa shape index (κ1) is 16.0. The molecule has 0 aromatic carbocycles. The summed E-state index contributed by atoms with van der Waals surface area (Å²) in [6.07, 6.45) is 0. The Hall–Kier alpha value is -1.06. The van der Waals surface area contributed by atoms with Crippen molar-refractivity contribution in [3.63, 3.8) is 0 Å². The summed E-state index contributed by atoms with van der Waals surface area (Å²) in [4.78, 5) is 18.9. The lowest BCUT2D eigenvalue weighted by molar-refractivity contribution is -0.118. The van der Waals surface area contributed by atoms with Gasteiger partial charge in [0, 0.05) is 20.9 Å². The van der Waals surface area contributed by atoms with E-state index in [1.54, 1.807) is 7.05 Å². The minimum atomic E-state index is -0.333. The van der Waals surface area contributed by atoms with Crippen LogP contribution in [0.15, 0.2) is 0 Å². The molecule has 0 unspecified atom stereocenters. The van der Waals surface area contributed by atoms with Crippen LogP contribution in [-0.4, -0.2) is 18.9 Å². The van der Waals surface area contributed by atoms with Gasteiger partial charge in [-0.1, -0.05) is 7.43 Å². The largest absolute Gasteiger partial charge is 0.370 e. The Balaban J connectivity index is -0.0000000910. The third-order valence-electron chi connectivity index (χ3n) is 0.352. The molecular formula is C6H16N2O2. The van der Waals surface area contributed by atoms with E-state index in [2.05, 4.69) is 11.1 Å². The van der Waals surface area contributed by atoms with Crippen molar-refractivity contribution in [2.75, 3.05) is 7.05 Å². The van der Waals surface area contributed by atoms with Gasteiger partial charge in [0.1, 0.15) is 0 Å². The molecule has 0 fully saturated rings. The summed E-state index contributed by atoms with van der Waals surface area (Å²) in [5.74, 6) is -0.329.